The van der Waals surface area contributed by atoms with Crippen LogP contribution in [0.1, 0.15) is 18.1 Å². The number of rotatable bonds is 10. The van der Waals surface area contributed by atoms with E-state index in [4.69, 9.17) is 14.2 Å². The second-order valence-electron chi connectivity index (χ2n) is 8.23. The zero-order valence-corrected chi connectivity index (χ0v) is 23.4. The molecule has 3 aromatic carbocycles. The lowest BCUT2D eigenvalue weighted by Gasteiger charge is -2.15. The van der Waals surface area contributed by atoms with Crippen molar-refractivity contribution < 1.29 is 33.0 Å². The van der Waals surface area contributed by atoms with Crippen LogP contribution in [0.25, 0.3) is 6.08 Å². The number of benzene rings is 3. The van der Waals surface area contributed by atoms with Gasteiger partial charge in [-0.15, -0.1) is 0 Å². The Morgan fingerprint density at radius 3 is 2.56 bits per heavy atom. The van der Waals surface area contributed by atoms with E-state index < -0.39 is 23.6 Å². The molecule has 1 heterocycles. The number of methoxy groups -OCH3 is 1. The number of imide groups is 1. The first-order chi connectivity index (χ1) is 18.8. The highest BCUT2D eigenvalue weighted by atomic mass is 79.9. The number of thioether (sulfide) groups is 1. The molecule has 0 spiro atoms. The molecule has 0 saturated carbocycles. The normalized spacial score (nSPS) is 14.1. The third kappa shape index (κ3) is 7.18. The predicted molar refractivity (Wildman–Crippen MR) is 150 cm³/mol. The van der Waals surface area contributed by atoms with Crippen LogP contribution in [0.15, 0.2) is 70.0 Å². The summed E-state index contributed by atoms with van der Waals surface area (Å²) < 4.78 is 30.8. The second kappa shape index (κ2) is 12.8. The van der Waals surface area contributed by atoms with Crippen LogP contribution in [0.3, 0.4) is 0 Å². The molecule has 1 aliphatic heterocycles. The molecule has 8 nitrogen and oxygen atoms in total. The number of anilines is 1. The lowest BCUT2D eigenvalue weighted by atomic mass is 10.1. The molecule has 202 valence electrons. The molecule has 0 aromatic heterocycles. The van der Waals surface area contributed by atoms with Gasteiger partial charge >= 0.3 is 0 Å². The number of carbonyl (C=O) groups excluding carboxylic acids is 3. The summed E-state index contributed by atoms with van der Waals surface area (Å²) >= 11 is 4.23. The molecular formula is C28H24BrFN2O6S. The van der Waals surface area contributed by atoms with Gasteiger partial charge in [-0.3, -0.25) is 19.3 Å². The van der Waals surface area contributed by atoms with Crippen LogP contribution in [-0.4, -0.2) is 42.2 Å². The Morgan fingerprint density at radius 1 is 1.10 bits per heavy atom. The number of halogens is 2. The topological polar surface area (TPSA) is 94.2 Å². The Morgan fingerprint density at radius 2 is 1.87 bits per heavy atom. The molecule has 0 radical (unpaired) electrons. The van der Waals surface area contributed by atoms with Crippen LogP contribution in [0.5, 0.6) is 17.2 Å². The molecule has 1 fully saturated rings. The van der Waals surface area contributed by atoms with E-state index in [0.29, 0.717) is 45.1 Å². The molecule has 1 N–H and O–H groups in total. The molecule has 39 heavy (non-hydrogen) atoms. The van der Waals surface area contributed by atoms with Gasteiger partial charge in [0.25, 0.3) is 11.1 Å². The fourth-order valence-electron chi connectivity index (χ4n) is 3.66. The van der Waals surface area contributed by atoms with Gasteiger partial charge in [0.05, 0.1) is 23.1 Å². The predicted octanol–water partition coefficient (Wildman–Crippen LogP) is 6.25. The van der Waals surface area contributed by atoms with Crippen LogP contribution in [0.4, 0.5) is 14.9 Å². The number of nitrogens with one attached hydrogen (secondary N) is 1. The zero-order valence-electron chi connectivity index (χ0n) is 21.0. The first kappa shape index (κ1) is 28.2. The van der Waals surface area contributed by atoms with E-state index in [2.05, 4.69) is 21.2 Å². The molecule has 1 saturated heterocycles. The van der Waals surface area contributed by atoms with E-state index >= 15 is 0 Å². The van der Waals surface area contributed by atoms with Crippen molar-refractivity contribution in [2.45, 2.75) is 13.5 Å². The molecule has 0 unspecified atom stereocenters. The summed E-state index contributed by atoms with van der Waals surface area (Å²) in [6.07, 6.45) is 1.55. The number of carbonyl (C=O) groups is 3. The highest BCUT2D eigenvalue weighted by Crippen LogP contribution is 2.39. The average Bonchev–Trinajstić information content (AvgIpc) is 3.16. The maximum Gasteiger partial charge on any atom is 0.294 e. The summed E-state index contributed by atoms with van der Waals surface area (Å²) in [5.74, 6) is 0.0200. The minimum atomic E-state index is -0.574. The Labute approximate surface area is 237 Å². The number of ether oxygens (including phenoxy) is 3. The minimum absolute atomic E-state index is 0.118. The van der Waals surface area contributed by atoms with Gasteiger partial charge in [0.15, 0.2) is 11.5 Å². The maximum absolute atomic E-state index is 13.5. The molecular weight excluding hydrogens is 591 g/mol. The summed E-state index contributed by atoms with van der Waals surface area (Å²) in [4.78, 5) is 39.0. The first-order valence-corrected chi connectivity index (χ1v) is 13.4. The van der Waals surface area contributed by atoms with Crippen molar-refractivity contribution >= 4 is 56.5 Å². The van der Waals surface area contributed by atoms with Crippen molar-refractivity contribution in [2.24, 2.45) is 0 Å². The number of hydrogen-bond donors (Lipinski definition) is 1. The van der Waals surface area contributed by atoms with Crippen LogP contribution < -0.4 is 19.5 Å². The van der Waals surface area contributed by atoms with Gasteiger partial charge in [-0.1, -0.05) is 12.1 Å². The fraction of sp³-hybridized carbons (Fsp3) is 0.179. The molecule has 3 amide bonds. The van der Waals surface area contributed by atoms with Gasteiger partial charge in [-0.2, -0.15) is 0 Å². The number of nitrogens with zero attached hydrogens (tertiary/aromatic N) is 1. The zero-order chi connectivity index (χ0) is 27.9. The molecule has 3 aromatic rings. The Hall–Kier alpha value is -3.83. The average molecular weight is 615 g/mol. The third-order valence-corrected chi connectivity index (χ3v) is 6.95. The summed E-state index contributed by atoms with van der Waals surface area (Å²) in [5.41, 5.74) is 1.74. The highest BCUT2D eigenvalue weighted by molar-refractivity contribution is 9.10. The Bertz CT molecular complexity index is 1430. The molecule has 4 rings (SSSR count). The van der Waals surface area contributed by atoms with Crippen LogP contribution in [0.2, 0.25) is 0 Å². The molecule has 0 aliphatic carbocycles. The van der Waals surface area contributed by atoms with Gasteiger partial charge < -0.3 is 19.5 Å². The van der Waals surface area contributed by atoms with E-state index in [1.54, 1.807) is 54.6 Å². The van der Waals surface area contributed by atoms with Crippen molar-refractivity contribution in [1.82, 2.24) is 4.90 Å². The summed E-state index contributed by atoms with van der Waals surface area (Å²) in [7, 11) is 1.54. The van der Waals surface area contributed by atoms with Gasteiger partial charge in [-0.25, -0.2) is 4.39 Å². The summed E-state index contributed by atoms with van der Waals surface area (Å²) in [6, 6.07) is 16.2. The Kier molecular flexibility index (Phi) is 9.26. The van der Waals surface area contributed by atoms with Gasteiger partial charge in [-0.05, 0) is 100 Å². The van der Waals surface area contributed by atoms with Crippen LogP contribution in [0, 0.1) is 5.82 Å². The molecule has 11 heteroatoms. The van der Waals surface area contributed by atoms with Crippen molar-refractivity contribution in [3.05, 3.63) is 87.0 Å². The van der Waals surface area contributed by atoms with Gasteiger partial charge in [0, 0.05) is 5.69 Å². The monoisotopic (exact) mass is 614 g/mol. The van der Waals surface area contributed by atoms with Crippen molar-refractivity contribution in [2.75, 3.05) is 25.6 Å². The summed E-state index contributed by atoms with van der Waals surface area (Å²) in [6.45, 7) is 1.87. The highest BCUT2D eigenvalue weighted by Gasteiger charge is 2.36. The first-order valence-electron chi connectivity index (χ1n) is 11.8. The molecule has 1 aliphatic rings. The van der Waals surface area contributed by atoms with E-state index in [0.717, 1.165) is 16.7 Å². The standard InChI is InChI=1S/C28H24BrFN2O6S/c1-3-37-23-13-18(12-22(29)26(23)38-16-17-5-4-6-19(30)11-17)14-24-27(34)32(28(35)39-24)15-25(33)31-20-7-9-21(36-2)10-8-20/h4-14H,3,15-16H2,1-2H3,(H,31,33)/b24-14+. The second-order valence-corrected chi connectivity index (χ2v) is 10.1. The van der Waals surface area contributed by atoms with E-state index in [9.17, 15) is 18.8 Å². The largest absolute Gasteiger partial charge is 0.497 e. The lowest BCUT2D eigenvalue weighted by Crippen LogP contribution is -2.36. The van der Waals surface area contributed by atoms with E-state index in [1.807, 2.05) is 6.92 Å². The van der Waals surface area contributed by atoms with Crippen molar-refractivity contribution in [3.63, 3.8) is 0 Å². The van der Waals surface area contributed by atoms with E-state index in [-0.39, 0.29) is 17.3 Å². The van der Waals surface area contributed by atoms with Crippen LogP contribution in [-0.2, 0) is 16.2 Å². The fourth-order valence-corrected chi connectivity index (χ4v) is 5.08. The maximum atomic E-state index is 13.5. The SMILES string of the molecule is CCOc1cc(/C=C2/SC(=O)N(CC(=O)Nc3ccc(OC)cc3)C2=O)cc(Br)c1OCc1cccc(F)c1. The number of amides is 3. The summed E-state index contributed by atoms with van der Waals surface area (Å²) in [5, 5.41) is 2.11. The molecule has 0 atom stereocenters. The van der Waals surface area contributed by atoms with Crippen molar-refractivity contribution in [3.8, 4) is 17.2 Å². The third-order valence-electron chi connectivity index (χ3n) is 5.45. The minimum Gasteiger partial charge on any atom is -0.497 e. The van der Waals surface area contributed by atoms with Gasteiger partial charge in [0.2, 0.25) is 5.91 Å². The quantitative estimate of drug-likeness (QED) is 0.270. The smallest absolute Gasteiger partial charge is 0.294 e. The Balaban J connectivity index is 1.47. The molecule has 0 bridgehead atoms. The van der Waals surface area contributed by atoms with Crippen molar-refractivity contribution in [1.29, 1.82) is 0 Å². The van der Waals surface area contributed by atoms with Crippen LogP contribution >= 0.6 is 27.7 Å². The van der Waals surface area contributed by atoms with E-state index in [1.165, 1.54) is 19.2 Å². The lowest BCUT2D eigenvalue weighted by molar-refractivity contribution is -0.127. The van der Waals surface area contributed by atoms with Gasteiger partial charge in [0.1, 0.15) is 24.7 Å². The number of hydrogen-bond acceptors (Lipinski definition) is 7.